The lowest BCUT2D eigenvalue weighted by molar-refractivity contribution is 0.398. The van der Waals surface area contributed by atoms with Gasteiger partial charge in [0.15, 0.2) is 0 Å². The van der Waals surface area contributed by atoms with Gasteiger partial charge in [0.2, 0.25) is 0 Å². The highest BCUT2D eigenvalue weighted by Gasteiger charge is 1.90. The molecule has 0 heterocycles. The van der Waals surface area contributed by atoms with Crippen LogP contribution in [0.4, 0.5) is 0 Å². The van der Waals surface area contributed by atoms with E-state index < -0.39 is 0 Å². The third-order valence-corrected chi connectivity index (χ3v) is 2.81. The van der Waals surface area contributed by atoms with E-state index in [9.17, 15) is 0 Å². The van der Waals surface area contributed by atoms with Gasteiger partial charge in [-0.2, -0.15) is 0 Å². The minimum atomic E-state index is 1.03. The number of unbranched alkanes of at least 4 members (excludes halogenated alkanes) is 8. The van der Waals surface area contributed by atoms with E-state index in [1.807, 2.05) is 6.08 Å². The van der Waals surface area contributed by atoms with Gasteiger partial charge in [-0.05, 0) is 31.4 Å². The van der Waals surface area contributed by atoms with Crippen molar-refractivity contribution >= 4 is 0 Å². The molecule has 1 heteroatoms. The molecule has 0 radical (unpaired) electrons. The first kappa shape index (κ1) is 16.3. The Bertz CT molecular complexity index is 182. The van der Waals surface area contributed by atoms with Crippen LogP contribution in [0.1, 0.15) is 78.1 Å². The fourth-order valence-corrected chi connectivity index (χ4v) is 1.72. The molecule has 0 aromatic rings. The van der Waals surface area contributed by atoms with Crippen molar-refractivity contribution in [2.75, 3.05) is 0 Å². The molecule has 0 aliphatic rings. The molecule has 0 spiro atoms. The van der Waals surface area contributed by atoms with Crippen LogP contribution in [-0.2, 0) is 4.74 Å². The normalized spacial score (nSPS) is 11.6. The predicted molar refractivity (Wildman–Crippen MR) is 76.9 cm³/mol. The zero-order chi connectivity index (χ0) is 12.6. The zero-order valence-corrected chi connectivity index (χ0v) is 11.8. The van der Waals surface area contributed by atoms with Crippen LogP contribution in [0.3, 0.4) is 0 Å². The van der Waals surface area contributed by atoms with Gasteiger partial charge in [0.05, 0.1) is 12.5 Å². The molecule has 0 aliphatic carbocycles. The van der Waals surface area contributed by atoms with Gasteiger partial charge >= 0.3 is 0 Å². The predicted octanol–water partition coefficient (Wildman–Crippen LogP) is 5.97. The van der Waals surface area contributed by atoms with Crippen LogP contribution in [0.2, 0.25) is 0 Å². The Balaban J connectivity index is 3.05. The van der Waals surface area contributed by atoms with Gasteiger partial charge in [0.25, 0.3) is 0 Å². The summed E-state index contributed by atoms with van der Waals surface area (Å²) < 4.78 is 5.18. The molecule has 0 bridgehead atoms. The molecule has 0 rings (SSSR count). The van der Waals surface area contributed by atoms with Gasteiger partial charge < -0.3 is 4.74 Å². The van der Waals surface area contributed by atoms with Crippen molar-refractivity contribution in [1.29, 1.82) is 0 Å². The van der Waals surface area contributed by atoms with Crippen molar-refractivity contribution < 1.29 is 4.74 Å². The quantitative estimate of drug-likeness (QED) is 0.300. The molecule has 100 valence electrons. The van der Waals surface area contributed by atoms with Gasteiger partial charge in [0.1, 0.15) is 0 Å². The first-order valence-corrected chi connectivity index (χ1v) is 7.37. The maximum Gasteiger partial charge on any atom is 0.0861 e. The molecule has 0 saturated carbocycles. The van der Waals surface area contributed by atoms with E-state index in [0.29, 0.717) is 0 Å². The Kier molecular flexibility index (Phi) is 14.6. The summed E-state index contributed by atoms with van der Waals surface area (Å²) in [5.74, 6) is 0. The van der Waals surface area contributed by atoms with Gasteiger partial charge in [-0.15, -0.1) is 0 Å². The maximum atomic E-state index is 5.18. The average Bonchev–Trinajstić information content (AvgIpc) is 2.35. The second-order valence-corrected chi connectivity index (χ2v) is 4.55. The van der Waals surface area contributed by atoms with Crippen molar-refractivity contribution in [1.82, 2.24) is 0 Å². The molecule has 0 unspecified atom stereocenters. The molecule has 0 fully saturated rings. The molecule has 0 aromatic heterocycles. The number of allylic oxidation sites excluding steroid dienone is 2. The average molecular weight is 238 g/mol. The van der Waals surface area contributed by atoms with Gasteiger partial charge in [-0.3, -0.25) is 0 Å². The number of hydrogen-bond acceptors (Lipinski definition) is 1. The fraction of sp³-hybridized carbons (Fsp3) is 0.750. The van der Waals surface area contributed by atoms with Crippen LogP contribution in [0, 0.1) is 0 Å². The van der Waals surface area contributed by atoms with Crippen molar-refractivity contribution in [2.24, 2.45) is 0 Å². The highest BCUT2D eigenvalue weighted by Crippen LogP contribution is 2.09. The minimum absolute atomic E-state index is 1.03. The fourth-order valence-electron chi connectivity index (χ4n) is 1.72. The summed E-state index contributed by atoms with van der Waals surface area (Å²) >= 11 is 0. The third-order valence-electron chi connectivity index (χ3n) is 2.81. The zero-order valence-electron chi connectivity index (χ0n) is 11.8. The molecule has 0 aromatic carbocycles. The molecular weight excluding hydrogens is 208 g/mol. The lowest BCUT2D eigenvalue weighted by Gasteiger charge is -1.99. The van der Waals surface area contributed by atoms with E-state index in [-0.39, 0.29) is 0 Å². The van der Waals surface area contributed by atoms with Crippen molar-refractivity contribution in [3.63, 3.8) is 0 Å². The highest BCUT2D eigenvalue weighted by atomic mass is 16.5. The standard InChI is InChI=1S/C16H30O/c1-3-5-7-8-9-10-11-12-13-14-16-17-15-6-4-2/h6,14-16H,3-5,7-13H2,1-2H3. The van der Waals surface area contributed by atoms with E-state index in [1.54, 1.807) is 12.5 Å². The Labute approximate surface area is 108 Å². The Hall–Kier alpha value is -0.720. The largest absolute Gasteiger partial charge is 0.473 e. The minimum Gasteiger partial charge on any atom is -0.473 e. The van der Waals surface area contributed by atoms with Crippen molar-refractivity contribution in [3.8, 4) is 0 Å². The van der Waals surface area contributed by atoms with Crippen molar-refractivity contribution in [2.45, 2.75) is 78.1 Å². The van der Waals surface area contributed by atoms with Gasteiger partial charge in [-0.25, -0.2) is 0 Å². The summed E-state index contributed by atoms with van der Waals surface area (Å²) in [6, 6.07) is 0. The Morgan fingerprint density at radius 2 is 1.29 bits per heavy atom. The molecular formula is C16H30O. The molecule has 0 saturated heterocycles. The number of rotatable bonds is 12. The second-order valence-electron chi connectivity index (χ2n) is 4.55. The summed E-state index contributed by atoms with van der Waals surface area (Å²) in [5.41, 5.74) is 0. The molecule has 17 heavy (non-hydrogen) atoms. The SMILES string of the molecule is CCC=COC=CCCCCCCCCCC. The molecule has 0 N–H and O–H groups in total. The lowest BCUT2D eigenvalue weighted by Crippen LogP contribution is -1.80. The Morgan fingerprint density at radius 3 is 1.94 bits per heavy atom. The molecule has 0 atom stereocenters. The molecule has 1 nitrogen and oxygen atoms in total. The second kappa shape index (κ2) is 15.3. The van der Waals surface area contributed by atoms with Crippen LogP contribution < -0.4 is 0 Å². The van der Waals surface area contributed by atoms with Crippen LogP contribution in [-0.4, -0.2) is 0 Å². The number of ether oxygens (including phenoxy) is 1. The van der Waals surface area contributed by atoms with Crippen LogP contribution >= 0.6 is 0 Å². The summed E-state index contributed by atoms with van der Waals surface area (Å²) in [7, 11) is 0. The van der Waals surface area contributed by atoms with Crippen LogP contribution in [0.15, 0.2) is 24.7 Å². The van der Waals surface area contributed by atoms with E-state index in [0.717, 1.165) is 12.8 Å². The summed E-state index contributed by atoms with van der Waals surface area (Å²) in [5, 5.41) is 0. The number of hydrogen-bond donors (Lipinski definition) is 0. The van der Waals surface area contributed by atoms with Gasteiger partial charge in [-0.1, -0.05) is 58.8 Å². The molecule has 0 aliphatic heterocycles. The highest BCUT2D eigenvalue weighted by molar-refractivity contribution is 4.78. The Morgan fingerprint density at radius 1 is 0.706 bits per heavy atom. The smallest absolute Gasteiger partial charge is 0.0861 e. The lowest BCUT2D eigenvalue weighted by atomic mass is 10.1. The van der Waals surface area contributed by atoms with Gasteiger partial charge in [0, 0.05) is 0 Å². The monoisotopic (exact) mass is 238 g/mol. The first-order chi connectivity index (χ1) is 8.41. The van der Waals surface area contributed by atoms with E-state index in [1.165, 1.54) is 51.4 Å². The van der Waals surface area contributed by atoms with E-state index in [2.05, 4.69) is 19.9 Å². The topological polar surface area (TPSA) is 9.23 Å². The first-order valence-electron chi connectivity index (χ1n) is 7.37. The molecule has 0 amide bonds. The van der Waals surface area contributed by atoms with Crippen LogP contribution in [0.5, 0.6) is 0 Å². The van der Waals surface area contributed by atoms with Crippen molar-refractivity contribution in [3.05, 3.63) is 24.7 Å². The third kappa shape index (κ3) is 15.3. The summed E-state index contributed by atoms with van der Waals surface area (Å²) in [4.78, 5) is 0. The van der Waals surface area contributed by atoms with E-state index in [4.69, 9.17) is 4.74 Å². The summed E-state index contributed by atoms with van der Waals surface area (Å²) in [6.07, 6.45) is 20.9. The van der Waals surface area contributed by atoms with Crippen LogP contribution in [0.25, 0.3) is 0 Å². The summed E-state index contributed by atoms with van der Waals surface area (Å²) in [6.45, 7) is 4.37. The maximum absolute atomic E-state index is 5.18. The van der Waals surface area contributed by atoms with E-state index >= 15 is 0 Å².